The van der Waals surface area contributed by atoms with Crippen LogP contribution in [-0.2, 0) is 4.74 Å². The van der Waals surface area contributed by atoms with Crippen LogP contribution in [0.1, 0.15) is 45.4 Å². The molecule has 0 aromatic carbocycles. The van der Waals surface area contributed by atoms with Crippen molar-refractivity contribution in [1.82, 2.24) is 0 Å². The van der Waals surface area contributed by atoms with Crippen LogP contribution in [0.5, 0.6) is 0 Å². The fourth-order valence-electron chi connectivity index (χ4n) is 2.07. The van der Waals surface area contributed by atoms with Crippen molar-refractivity contribution < 1.29 is 4.74 Å². The van der Waals surface area contributed by atoms with Gasteiger partial charge < -0.3 is 4.74 Å². The van der Waals surface area contributed by atoms with Crippen LogP contribution in [0.4, 0.5) is 0 Å². The van der Waals surface area contributed by atoms with Gasteiger partial charge in [0.05, 0.1) is 19.9 Å². The Morgan fingerprint density at radius 2 is 1.64 bits per heavy atom. The monoisotopic (exact) mass is 214 g/mol. The topological polar surface area (TPSA) is 12.5 Å². The van der Waals surface area contributed by atoms with Crippen LogP contribution in [0, 0.1) is 0 Å². The van der Waals surface area contributed by atoms with Crippen LogP contribution in [0.25, 0.3) is 0 Å². The van der Waals surface area contributed by atoms with Gasteiger partial charge in [-0.3, -0.25) is 0 Å². The number of hydrogen-bond acceptors (Lipinski definition) is 1. The minimum atomic E-state index is -0.984. The standard InChI is InChI=1S/C12H26OSi/c1-5-6-7-8-9-10-11-12(13-11)14(2,3)4/h11-12H,5-10H2,1-4H3/t11-,12-/m1/s1. The second kappa shape index (κ2) is 5.31. The Kier molecular flexibility index (Phi) is 4.65. The SMILES string of the molecule is CCCCCCC[C@H]1O[C@@H]1[Si](C)(C)C. The molecule has 1 rings (SSSR count). The predicted octanol–water partition coefficient (Wildman–Crippen LogP) is 3.99. The maximum atomic E-state index is 5.75. The van der Waals surface area contributed by atoms with Gasteiger partial charge in [-0.15, -0.1) is 0 Å². The summed E-state index contributed by atoms with van der Waals surface area (Å²) in [4.78, 5) is 0. The van der Waals surface area contributed by atoms with Crippen molar-refractivity contribution in [3.8, 4) is 0 Å². The molecule has 0 aliphatic carbocycles. The zero-order valence-electron chi connectivity index (χ0n) is 10.3. The molecule has 1 heterocycles. The van der Waals surface area contributed by atoms with Gasteiger partial charge in [0.25, 0.3) is 0 Å². The van der Waals surface area contributed by atoms with E-state index in [2.05, 4.69) is 26.6 Å². The van der Waals surface area contributed by atoms with Gasteiger partial charge in [-0.05, 0) is 6.42 Å². The third-order valence-corrected chi connectivity index (χ3v) is 5.24. The van der Waals surface area contributed by atoms with Gasteiger partial charge in [0.1, 0.15) is 0 Å². The Hall–Kier alpha value is 0.177. The summed E-state index contributed by atoms with van der Waals surface area (Å²) < 4.78 is 5.75. The first-order chi connectivity index (χ1) is 6.55. The number of unbranched alkanes of at least 4 members (excludes halogenated alkanes) is 4. The lowest BCUT2D eigenvalue weighted by Gasteiger charge is -2.11. The largest absolute Gasteiger partial charge is 0.373 e. The highest BCUT2D eigenvalue weighted by molar-refractivity contribution is 6.78. The molecule has 0 aromatic rings. The second-order valence-electron chi connectivity index (χ2n) is 5.66. The van der Waals surface area contributed by atoms with Crippen LogP contribution in [-0.4, -0.2) is 19.9 Å². The normalized spacial score (nSPS) is 26.6. The van der Waals surface area contributed by atoms with Gasteiger partial charge in [0.2, 0.25) is 0 Å². The van der Waals surface area contributed by atoms with Crippen LogP contribution in [0.15, 0.2) is 0 Å². The molecule has 2 heteroatoms. The van der Waals surface area contributed by atoms with Crippen LogP contribution >= 0.6 is 0 Å². The van der Waals surface area contributed by atoms with Gasteiger partial charge in [0, 0.05) is 0 Å². The first kappa shape index (κ1) is 12.2. The summed E-state index contributed by atoms with van der Waals surface area (Å²) in [7, 11) is -0.984. The summed E-state index contributed by atoms with van der Waals surface area (Å²) in [5.41, 5.74) is 0.675. The summed E-state index contributed by atoms with van der Waals surface area (Å²) in [6.45, 7) is 9.50. The lowest BCUT2D eigenvalue weighted by molar-refractivity contribution is 0.377. The average Bonchev–Trinajstić information content (AvgIpc) is 2.82. The maximum absolute atomic E-state index is 5.75. The number of hydrogen-bond donors (Lipinski definition) is 0. The number of epoxide rings is 1. The van der Waals surface area contributed by atoms with E-state index >= 15 is 0 Å². The molecule has 0 amide bonds. The third-order valence-electron chi connectivity index (χ3n) is 3.03. The molecule has 0 bridgehead atoms. The summed E-state index contributed by atoms with van der Waals surface area (Å²) in [5, 5.41) is 0. The van der Waals surface area contributed by atoms with E-state index in [1.807, 2.05) is 0 Å². The summed E-state index contributed by atoms with van der Waals surface area (Å²) in [6, 6.07) is 0. The number of rotatable bonds is 7. The van der Waals surface area contributed by atoms with Crippen molar-refractivity contribution in [2.24, 2.45) is 0 Å². The molecule has 1 saturated heterocycles. The molecule has 0 N–H and O–H groups in total. The molecule has 14 heavy (non-hydrogen) atoms. The molecule has 1 fully saturated rings. The lowest BCUT2D eigenvalue weighted by Crippen LogP contribution is -2.30. The predicted molar refractivity (Wildman–Crippen MR) is 65.4 cm³/mol. The van der Waals surface area contributed by atoms with Gasteiger partial charge in [0.15, 0.2) is 0 Å². The van der Waals surface area contributed by atoms with E-state index in [1.165, 1.54) is 38.5 Å². The van der Waals surface area contributed by atoms with Crippen LogP contribution < -0.4 is 0 Å². The van der Waals surface area contributed by atoms with Crippen molar-refractivity contribution in [2.75, 3.05) is 0 Å². The fourth-order valence-corrected chi connectivity index (χ4v) is 3.94. The van der Waals surface area contributed by atoms with E-state index in [9.17, 15) is 0 Å². The Morgan fingerprint density at radius 3 is 2.14 bits per heavy atom. The summed E-state index contributed by atoms with van der Waals surface area (Å²) in [5.74, 6) is 0. The van der Waals surface area contributed by atoms with E-state index < -0.39 is 8.07 Å². The van der Waals surface area contributed by atoms with Crippen molar-refractivity contribution in [2.45, 2.75) is 76.9 Å². The molecule has 1 nitrogen and oxygen atoms in total. The molecule has 2 atom stereocenters. The zero-order valence-corrected chi connectivity index (χ0v) is 11.3. The smallest absolute Gasteiger partial charge is 0.0819 e. The summed E-state index contributed by atoms with van der Waals surface area (Å²) in [6.07, 6.45) is 8.92. The Bertz CT molecular complexity index is 162. The van der Waals surface area contributed by atoms with Gasteiger partial charge >= 0.3 is 0 Å². The third kappa shape index (κ3) is 4.14. The molecule has 0 unspecified atom stereocenters. The van der Waals surface area contributed by atoms with Crippen molar-refractivity contribution >= 4 is 8.07 Å². The van der Waals surface area contributed by atoms with Gasteiger partial charge in [-0.25, -0.2) is 0 Å². The Labute approximate surface area is 90.2 Å². The minimum Gasteiger partial charge on any atom is -0.373 e. The molecule has 0 spiro atoms. The highest BCUT2D eigenvalue weighted by Crippen LogP contribution is 2.34. The Morgan fingerprint density at radius 1 is 1.00 bits per heavy atom. The minimum absolute atomic E-state index is 0.642. The van der Waals surface area contributed by atoms with E-state index in [-0.39, 0.29) is 0 Å². The fraction of sp³-hybridized carbons (Fsp3) is 1.00. The molecule has 1 aliphatic heterocycles. The average molecular weight is 214 g/mol. The molecular formula is C12H26OSi. The van der Waals surface area contributed by atoms with Gasteiger partial charge in [-0.1, -0.05) is 58.7 Å². The van der Waals surface area contributed by atoms with Crippen LogP contribution in [0.3, 0.4) is 0 Å². The molecular weight excluding hydrogens is 188 g/mol. The quantitative estimate of drug-likeness (QED) is 0.355. The second-order valence-corrected chi connectivity index (χ2v) is 11.0. The van der Waals surface area contributed by atoms with E-state index in [0.717, 1.165) is 0 Å². The van der Waals surface area contributed by atoms with Crippen LogP contribution in [0.2, 0.25) is 19.6 Å². The summed E-state index contributed by atoms with van der Waals surface area (Å²) >= 11 is 0. The molecule has 0 radical (unpaired) electrons. The van der Waals surface area contributed by atoms with E-state index in [0.29, 0.717) is 11.8 Å². The number of ether oxygens (including phenoxy) is 1. The highest BCUT2D eigenvalue weighted by atomic mass is 28.3. The first-order valence-electron chi connectivity index (χ1n) is 6.21. The maximum Gasteiger partial charge on any atom is 0.0819 e. The van der Waals surface area contributed by atoms with Crippen molar-refractivity contribution in [1.29, 1.82) is 0 Å². The van der Waals surface area contributed by atoms with E-state index in [4.69, 9.17) is 4.74 Å². The van der Waals surface area contributed by atoms with Crippen molar-refractivity contribution in [3.05, 3.63) is 0 Å². The van der Waals surface area contributed by atoms with E-state index in [1.54, 1.807) is 0 Å². The van der Waals surface area contributed by atoms with Gasteiger partial charge in [-0.2, -0.15) is 0 Å². The zero-order chi connectivity index (χ0) is 10.6. The molecule has 1 aliphatic rings. The molecule has 84 valence electrons. The Balaban J connectivity index is 1.96. The van der Waals surface area contributed by atoms with Crippen molar-refractivity contribution in [3.63, 3.8) is 0 Å². The highest BCUT2D eigenvalue weighted by Gasteiger charge is 2.47. The first-order valence-corrected chi connectivity index (χ1v) is 9.79. The lowest BCUT2D eigenvalue weighted by atomic mass is 10.1. The molecule has 0 aromatic heterocycles. The molecule has 0 saturated carbocycles.